The predicted octanol–water partition coefficient (Wildman–Crippen LogP) is 2.00. The van der Waals surface area contributed by atoms with Gasteiger partial charge in [0.05, 0.1) is 0 Å². The Labute approximate surface area is 43.8 Å². The molecule has 0 aliphatic heterocycles. The molecule has 7 heavy (non-hydrogen) atoms. The van der Waals surface area contributed by atoms with Crippen LogP contribution in [0.15, 0.2) is 30.3 Å². The third kappa shape index (κ3) is 1.04. The van der Waals surface area contributed by atoms with Crippen LogP contribution in [0.3, 0.4) is 0 Å². The van der Waals surface area contributed by atoms with Crippen molar-refractivity contribution < 1.29 is 0 Å². The largest absolute Gasteiger partial charge is 0.0622 e. The van der Waals surface area contributed by atoms with Gasteiger partial charge >= 0.3 is 0 Å². The van der Waals surface area contributed by atoms with Crippen LogP contribution in [0.25, 0.3) is 0 Å². The van der Waals surface area contributed by atoms with E-state index in [0.717, 1.165) is 0 Å². The average molecular weight is 104 g/mol. The molecule has 0 heteroatoms. The average Bonchev–Trinajstić information content (AvgIpc) is 1.69. The van der Waals surface area contributed by atoms with Crippen molar-refractivity contribution in [2.24, 2.45) is 0 Å². The van der Waals surface area contributed by atoms with Crippen molar-refractivity contribution in [2.75, 3.05) is 0 Å². The first-order chi connectivity index (χ1) is 3.39. The Kier molecular flexibility index (Phi) is 1.12. The van der Waals surface area contributed by atoms with E-state index in [1.807, 2.05) is 18.2 Å². The molecule has 1 aromatic carbocycles. The van der Waals surface area contributed by atoms with E-state index in [-0.39, 0.29) is 0 Å². The van der Waals surface area contributed by atoms with Crippen molar-refractivity contribution in [1.29, 1.82) is 0 Å². The summed E-state index contributed by atoms with van der Waals surface area (Å²) in [5.41, 5.74) is 1.32. The predicted molar refractivity (Wildman–Crippen MR) is 31.2 cm³/mol. The van der Waals surface area contributed by atoms with E-state index in [4.69, 9.17) is 0 Å². The van der Waals surface area contributed by atoms with E-state index in [9.17, 15) is 0 Å². The second-order valence-electron chi connectivity index (χ2n) is 1.65. The highest BCUT2D eigenvalue weighted by atomic mass is 15.7. The van der Waals surface area contributed by atoms with E-state index < -0.39 is 0 Å². The van der Waals surface area contributed by atoms with Gasteiger partial charge in [0.15, 0.2) is 0 Å². The Morgan fingerprint density at radius 3 is 1.86 bits per heavy atom. The van der Waals surface area contributed by atoms with Crippen LogP contribution in [0.1, 0.15) is 5.56 Å². The summed E-state index contributed by atoms with van der Waals surface area (Å²) in [7, 11) is 0. The molecule has 0 N–H and O–H groups in total. The Bertz CT molecular complexity index is 130. The molecule has 1 rings (SSSR count). The molecule has 0 spiro atoms. The zero-order valence-corrected chi connectivity index (χ0v) is 4.39. The van der Waals surface area contributed by atoms with Gasteiger partial charge in [-0.05, 0) is 6.92 Å². The normalized spacial score (nSPS) is 8.71. The highest BCUT2D eigenvalue weighted by Gasteiger charge is 1.72. The molecule has 0 amide bonds. The van der Waals surface area contributed by atoms with Gasteiger partial charge in [-0.1, -0.05) is 35.9 Å². The van der Waals surface area contributed by atoms with E-state index in [0.29, 0.717) is 0 Å². The van der Waals surface area contributed by atoms with Crippen LogP contribution in [0.5, 0.6) is 0 Å². The van der Waals surface area contributed by atoms with Gasteiger partial charge in [0, 0.05) is 0 Å². The number of aryl methyl sites for hydroxylation is 1. The molecule has 1 aromatic rings. The van der Waals surface area contributed by atoms with Crippen molar-refractivity contribution in [3.63, 3.8) is 0 Å². The van der Waals surface area contributed by atoms with Crippen molar-refractivity contribution in [3.8, 4) is 0 Å². The fraction of sp³-hybridized carbons (Fsp3) is 0.143. The lowest BCUT2D eigenvalue weighted by Gasteiger charge is -1.82. The van der Waals surface area contributed by atoms with Gasteiger partial charge in [-0.3, -0.25) is 0 Å². The highest BCUT2D eigenvalue weighted by molar-refractivity contribution is 5.11. The highest BCUT2D eigenvalue weighted by Crippen LogP contribution is 1.92. The Morgan fingerprint density at radius 1 is 1.00 bits per heavy atom. The number of hydrogen-bond acceptors (Lipinski definition) is 0. The summed E-state index contributed by atoms with van der Waals surface area (Å²) in [6.07, 6.45) is 0. The fourth-order valence-corrected chi connectivity index (χ4v) is 0.534. The molecule has 0 saturated heterocycles. The molecule has 0 nitrogen and oxygen atoms in total. The van der Waals surface area contributed by atoms with Crippen LogP contribution in [0.4, 0.5) is 0 Å². The maximum atomic E-state index is 2.08. The second kappa shape index (κ2) is 1.78. The molecule has 0 saturated carbocycles. The second-order valence-corrected chi connectivity index (χ2v) is 1.65. The van der Waals surface area contributed by atoms with Crippen molar-refractivity contribution >= 4 is 0 Å². The summed E-state index contributed by atoms with van der Waals surface area (Å²) in [5.74, 6) is 0. The van der Waals surface area contributed by atoms with Gasteiger partial charge in [-0.2, -0.15) is 0 Å². The SMILES string of the molecule is C[14c]1[14cH][14cH][14cH][14cH][14cH]1. The summed E-state index contributed by atoms with van der Waals surface area (Å²) in [4.78, 5) is 0. The molecule has 0 atom stereocenters. The summed E-state index contributed by atoms with van der Waals surface area (Å²) in [6.45, 7) is 2.08. The van der Waals surface area contributed by atoms with Crippen LogP contribution < -0.4 is 0 Å². The maximum Gasteiger partial charge on any atom is -0.0398 e. The Balaban J connectivity index is 3.02. The van der Waals surface area contributed by atoms with Crippen LogP contribution >= 0.6 is 0 Å². The summed E-state index contributed by atoms with van der Waals surface area (Å²) in [6, 6.07) is 10.3. The minimum absolute atomic E-state index is 1.32. The number of benzene rings is 1. The molecule has 0 radical (unpaired) electrons. The topological polar surface area (TPSA) is 0 Å². The fourth-order valence-electron chi connectivity index (χ4n) is 0.534. The Hall–Kier alpha value is -0.780. The summed E-state index contributed by atoms with van der Waals surface area (Å²) >= 11 is 0. The van der Waals surface area contributed by atoms with Crippen LogP contribution in [-0.2, 0) is 0 Å². The summed E-state index contributed by atoms with van der Waals surface area (Å²) < 4.78 is 0. The van der Waals surface area contributed by atoms with Gasteiger partial charge in [-0.25, -0.2) is 0 Å². The molecule has 0 aliphatic carbocycles. The zero-order valence-electron chi connectivity index (χ0n) is 4.39. The minimum Gasteiger partial charge on any atom is -0.0622 e. The third-order valence-electron chi connectivity index (χ3n) is 0.940. The Morgan fingerprint density at radius 2 is 1.57 bits per heavy atom. The van der Waals surface area contributed by atoms with E-state index in [2.05, 4.69) is 19.1 Å². The monoisotopic (exact) mass is 104 g/mol. The molecule has 0 unspecified atom stereocenters. The molecule has 36 valence electrons. The lowest BCUT2D eigenvalue weighted by atomic mass is 11.5. The molecule has 0 heterocycles. The number of hydrogen-bond donors (Lipinski definition) is 0. The van der Waals surface area contributed by atoms with Crippen LogP contribution in [0.2, 0.25) is 0 Å². The van der Waals surface area contributed by atoms with Crippen molar-refractivity contribution in [3.05, 3.63) is 35.9 Å². The zero-order chi connectivity index (χ0) is 5.11. The maximum absolute atomic E-state index is 2.08. The van der Waals surface area contributed by atoms with Gasteiger partial charge < -0.3 is 0 Å². The van der Waals surface area contributed by atoms with E-state index >= 15 is 0 Å². The van der Waals surface area contributed by atoms with Gasteiger partial charge in [0.1, 0.15) is 0 Å². The smallest absolute Gasteiger partial charge is 0.0398 e. The van der Waals surface area contributed by atoms with E-state index in [1.165, 1.54) is 5.56 Å². The molecular formula is C7H8. The molecule has 0 aliphatic rings. The lowest BCUT2D eigenvalue weighted by molar-refractivity contribution is 1.48. The van der Waals surface area contributed by atoms with Crippen molar-refractivity contribution in [1.82, 2.24) is 0 Å². The first-order valence-electron chi connectivity index (χ1n) is 2.41. The summed E-state index contributed by atoms with van der Waals surface area (Å²) in [5, 5.41) is 0. The molecule has 0 bridgehead atoms. The molecule has 0 fully saturated rings. The lowest BCUT2D eigenvalue weighted by Crippen LogP contribution is -1.62. The molecule has 0 aromatic heterocycles. The van der Waals surface area contributed by atoms with Crippen LogP contribution in [-0.4, -0.2) is 0 Å². The molecular weight excluding hydrogens is 96.0 g/mol. The van der Waals surface area contributed by atoms with Crippen molar-refractivity contribution in [2.45, 2.75) is 6.92 Å². The van der Waals surface area contributed by atoms with Gasteiger partial charge in [0.25, 0.3) is 0 Å². The first-order valence-corrected chi connectivity index (χ1v) is 2.41. The van der Waals surface area contributed by atoms with Gasteiger partial charge in [0.2, 0.25) is 0 Å². The standard InChI is InChI=1S/C7H8/c1-7-5-3-2-4-6-7/h2-6H,1H3/i2+2,3+2,4+2,5+2,6+2,7+2. The third-order valence-corrected chi connectivity index (χ3v) is 0.940. The minimum atomic E-state index is 1.32. The van der Waals surface area contributed by atoms with Gasteiger partial charge in [-0.15, -0.1) is 0 Å². The van der Waals surface area contributed by atoms with E-state index in [1.54, 1.807) is 0 Å². The quantitative estimate of drug-likeness (QED) is 0.472. The van der Waals surface area contributed by atoms with Crippen LogP contribution in [0, 0.1) is 6.92 Å². The number of rotatable bonds is 0. The first kappa shape index (κ1) is 4.38.